The Morgan fingerprint density at radius 2 is 1.75 bits per heavy atom. The summed E-state index contributed by atoms with van der Waals surface area (Å²) in [6, 6.07) is 0. The highest BCUT2D eigenvalue weighted by Gasteiger charge is 2.70. The summed E-state index contributed by atoms with van der Waals surface area (Å²) >= 11 is 0. The van der Waals surface area contributed by atoms with Gasteiger partial charge in [0.05, 0.1) is 18.6 Å². The second-order valence-corrected chi connectivity index (χ2v) is 14.8. The Balaban J connectivity index is 1.62. The number of ether oxygens (including phenoxy) is 1. The van der Waals surface area contributed by atoms with Crippen LogP contribution in [0.2, 0.25) is 0 Å². The maximum Gasteiger partial charge on any atom is 0.312 e. The number of aldehydes is 1. The number of hydrogen-bond acceptors (Lipinski definition) is 4. The summed E-state index contributed by atoms with van der Waals surface area (Å²) in [5, 5.41) is 10.4. The van der Waals surface area contributed by atoms with Gasteiger partial charge < -0.3 is 9.84 Å². The SMILES string of the molecule is CCOC(=O)[C@]12CCC(C)(C)C[C@H]1C1=CC[C@@H]3[C@@]4(C)C(C=O)=C[C@@](C)(CO)[C@@H]4CC[C@@]3(C)[C@]1(C)CC2. The molecule has 200 valence electrons. The number of hydrogen-bond donors (Lipinski definition) is 1. The molecule has 5 aliphatic carbocycles. The monoisotopic (exact) mass is 496 g/mol. The van der Waals surface area contributed by atoms with Crippen LogP contribution in [0.4, 0.5) is 0 Å². The van der Waals surface area contributed by atoms with Crippen molar-refractivity contribution in [1.82, 2.24) is 0 Å². The van der Waals surface area contributed by atoms with E-state index in [1.54, 1.807) is 0 Å². The second kappa shape index (κ2) is 8.04. The van der Waals surface area contributed by atoms with Gasteiger partial charge in [-0.25, -0.2) is 0 Å². The summed E-state index contributed by atoms with van der Waals surface area (Å²) in [6.45, 7) is 16.6. The Bertz CT molecular complexity index is 1020. The van der Waals surface area contributed by atoms with E-state index in [0.29, 0.717) is 12.5 Å². The van der Waals surface area contributed by atoms with E-state index in [2.05, 4.69) is 53.7 Å². The molecule has 1 N–H and O–H groups in total. The lowest BCUT2D eigenvalue weighted by Gasteiger charge is -2.68. The van der Waals surface area contributed by atoms with Crippen LogP contribution < -0.4 is 0 Å². The molecule has 0 radical (unpaired) electrons. The summed E-state index contributed by atoms with van der Waals surface area (Å²) < 4.78 is 5.75. The van der Waals surface area contributed by atoms with E-state index in [4.69, 9.17) is 4.74 Å². The number of carbonyl (C=O) groups excluding carboxylic acids is 2. The van der Waals surface area contributed by atoms with E-state index in [-0.39, 0.29) is 51.5 Å². The zero-order chi connectivity index (χ0) is 26.4. The quantitative estimate of drug-likeness (QED) is 0.268. The second-order valence-electron chi connectivity index (χ2n) is 14.8. The molecule has 3 fully saturated rings. The van der Waals surface area contributed by atoms with Crippen molar-refractivity contribution < 1.29 is 19.4 Å². The van der Waals surface area contributed by atoms with E-state index in [1.165, 1.54) is 5.57 Å². The number of allylic oxidation sites excluding steroid dienone is 3. The molecule has 0 aromatic heterocycles. The highest BCUT2D eigenvalue weighted by atomic mass is 16.5. The third kappa shape index (κ3) is 3.09. The van der Waals surface area contributed by atoms with Crippen LogP contribution in [-0.4, -0.2) is 30.6 Å². The van der Waals surface area contributed by atoms with Crippen LogP contribution in [-0.2, 0) is 14.3 Å². The predicted octanol–water partition coefficient (Wildman–Crippen LogP) is 6.67. The number of carbonyl (C=O) groups is 2. The molecule has 0 saturated heterocycles. The van der Waals surface area contributed by atoms with Crippen LogP contribution >= 0.6 is 0 Å². The first-order valence-corrected chi connectivity index (χ1v) is 14.5. The minimum atomic E-state index is -0.391. The average Bonchev–Trinajstić information content (AvgIpc) is 3.06. The topological polar surface area (TPSA) is 63.6 Å². The molecule has 3 saturated carbocycles. The van der Waals surface area contributed by atoms with Gasteiger partial charge in [-0.15, -0.1) is 0 Å². The summed E-state index contributed by atoms with van der Waals surface area (Å²) in [6.07, 6.45) is 13.7. The van der Waals surface area contributed by atoms with Crippen molar-refractivity contribution in [2.24, 2.45) is 50.2 Å². The van der Waals surface area contributed by atoms with E-state index < -0.39 is 5.41 Å². The van der Waals surface area contributed by atoms with E-state index >= 15 is 0 Å². The smallest absolute Gasteiger partial charge is 0.312 e. The molecule has 0 aromatic rings. The number of fused-ring (bicyclic) bond motifs is 7. The molecule has 8 atom stereocenters. The summed E-state index contributed by atoms with van der Waals surface area (Å²) in [7, 11) is 0. The van der Waals surface area contributed by atoms with Gasteiger partial charge in [0.1, 0.15) is 6.29 Å². The zero-order valence-electron chi connectivity index (χ0n) is 23.7. The standard InChI is InChI=1S/C32H48O4/c1-8-36-26(35)32-15-13-27(2,3)18-23(32)22-9-10-25-30(6,29(22,5)14-16-32)12-11-24-28(4,20-34)17-21(19-33)31(24,25)7/h9,17,19,23-25,34H,8,10-16,18,20H2,1-7H3/t23-,24-,25-,28-,29+,30+,31-,32-/m0/s1. The fourth-order valence-electron chi connectivity index (χ4n) is 10.5. The highest BCUT2D eigenvalue weighted by molar-refractivity contribution is 5.79. The van der Waals surface area contributed by atoms with Gasteiger partial charge in [-0.3, -0.25) is 9.59 Å². The maximum atomic E-state index is 13.6. The molecule has 0 aromatic carbocycles. The lowest BCUT2D eigenvalue weighted by molar-refractivity contribution is -0.177. The van der Waals surface area contributed by atoms with Crippen molar-refractivity contribution in [3.8, 4) is 0 Å². The van der Waals surface area contributed by atoms with Crippen molar-refractivity contribution in [3.05, 3.63) is 23.3 Å². The Hall–Kier alpha value is -1.42. The van der Waals surface area contributed by atoms with Gasteiger partial charge in [0.25, 0.3) is 0 Å². The van der Waals surface area contributed by atoms with Gasteiger partial charge in [-0.2, -0.15) is 0 Å². The number of rotatable bonds is 4. The van der Waals surface area contributed by atoms with Gasteiger partial charge in [0, 0.05) is 10.8 Å². The van der Waals surface area contributed by atoms with E-state index in [0.717, 1.165) is 63.2 Å². The first-order chi connectivity index (χ1) is 16.8. The average molecular weight is 497 g/mol. The molecule has 0 bridgehead atoms. The van der Waals surface area contributed by atoms with Crippen LogP contribution in [0.3, 0.4) is 0 Å². The van der Waals surface area contributed by atoms with Gasteiger partial charge in [0.2, 0.25) is 0 Å². The van der Waals surface area contributed by atoms with Crippen molar-refractivity contribution in [3.63, 3.8) is 0 Å². The molecule has 0 aliphatic heterocycles. The minimum absolute atomic E-state index is 0.00974. The molecule has 5 rings (SSSR count). The van der Waals surface area contributed by atoms with Crippen LogP contribution in [0.1, 0.15) is 99.8 Å². The van der Waals surface area contributed by atoms with Gasteiger partial charge in [-0.05, 0) is 97.9 Å². The van der Waals surface area contributed by atoms with Gasteiger partial charge >= 0.3 is 5.97 Å². The lowest BCUT2D eigenvalue weighted by Crippen LogP contribution is -2.62. The Morgan fingerprint density at radius 1 is 1.06 bits per heavy atom. The van der Waals surface area contributed by atoms with Crippen molar-refractivity contribution in [1.29, 1.82) is 0 Å². The van der Waals surface area contributed by atoms with Gasteiger partial charge in [0.15, 0.2) is 0 Å². The summed E-state index contributed by atoms with van der Waals surface area (Å²) in [4.78, 5) is 26.0. The Morgan fingerprint density at radius 3 is 2.39 bits per heavy atom. The van der Waals surface area contributed by atoms with Crippen LogP contribution in [0.25, 0.3) is 0 Å². The zero-order valence-corrected chi connectivity index (χ0v) is 23.7. The number of esters is 1. The Labute approximate surface area is 218 Å². The van der Waals surface area contributed by atoms with Crippen LogP contribution in [0, 0.1) is 50.2 Å². The molecule has 0 amide bonds. The first kappa shape index (κ1) is 26.2. The molecule has 0 spiro atoms. The van der Waals surface area contributed by atoms with Gasteiger partial charge in [-0.1, -0.05) is 59.3 Å². The number of aliphatic hydroxyl groups excluding tert-OH is 1. The first-order valence-electron chi connectivity index (χ1n) is 14.5. The summed E-state index contributed by atoms with van der Waals surface area (Å²) in [5.41, 5.74) is 1.68. The molecule has 36 heavy (non-hydrogen) atoms. The fraction of sp³-hybridized carbons (Fsp3) is 0.812. The number of aliphatic hydroxyl groups is 1. The van der Waals surface area contributed by atoms with Crippen LogP contribution in [0.5, 0.6) is 0 Å². The van der Waals surface area contributed by atoms with E-state index in [9.17, 15) is 14.7 Å². The van der Waals surface area contributed by atoms with E-state index in [1.807, 2.05) is 6.92 Å². The predicted molar refractivity (Wildman–Crippen MR) is 142 cm³/mol. The van der Waals surface area contributed by atoms with Crippen molar-refractivity contribution in [2.45, 2.75) is 99.8 Å². The summed E-state index contributed by atoms with van der Waals surface area (Å²) in [5.74, 6) is 0.878. The minimum Gasteiger partial charge on any atom is -0.466 e. The molecular formula is C32H48O4. The normalized spacial score (nSPS) is 48.9. The third-order valence-corrected chi connectivity index (χ3v) is 12.8. The van der Waals surface area contributed by atoms with Crippen molar-refractivity contribution >= 4 is 12.3 Å². The lowest BCUT2D eigenvalue weighted by atomic mass is 9.35. The van der Waals surface area contributed by atoms with Crippen LogP contribution in [0.15, 0.2) is 23.3 Å². The largest absolute Gasteiger partial charge is 0.466 e. The molecule has 4 heteroatoms. The molecule has 4 nitrogen and oxygen atoms in total. The molecule has 5 aliphatic rings. The fourth-order valence-corrected chi connectivity index (χ4v) is 10.5. The molecule has 0 heterocycles. The third-order valence-electron chi connectivity index (χ3n) is 12.8. The highest BCUT2D eigenvalue weighted by Crippen LogP contribution is 2.76. The maximum absolute atomic E-state index is 13.6. The van der Waals surface area contributed by atoms with Crippen molar-refractivity contribution in [2.75, 3.05) is 13.2 Å². The molecular weight excluding hydrogens is 448 g/mol. The molecule has 0 unspecified atom stereocenters. The Kier molecular flexibility index (Phi) is 5.85.